The van der Waals surface area contributed by atoms with E-state index in [-0.39, 0.29) is 11.7 Å². The number of carbonyl (C=O) groups excluding carboxylic acids is 1. The van der Waals surface area contributed by atoms with Crippen LogP contribution < -0.4 is 5.32 Å². The minimum atomic E-state index is -0.0602. The molecule has 3 rings (SSSR count). The van der Waals surface area contributed by atoms with Crippen LogP contribution in [0.2, 0.25) is 0 Å². The maximum absolute atomic E-state index is 12.2. The van der Waals surface area contributed by atoms with Gasteiger partial charge >= 0.3 is 0 Å². The first-order valence-electron chi connectivity index (χ1n) is 7.87. The van der Waals surface area contributed by atoms with Crippen molar-refractivity contribution < 1.29 is 4.79 Å². The summed E-state index contributed by atoms with van der Waals surface area (Å²) < 4.78 is 0. The zero-order chi connectivity index (χ0) is 17.6. The van der Waals surface area contributed by atoms with Crippen molar-refractivity contribution in [2.75, 3.05) is 11.1 Å². The van der Waals surface area contributed by atoms with Crippen LogP contribution >= 0.6 is 11.8 Å². The lowest BCUT2D eigenvalue weighted by Gasteiger charge is -2.08. The zero-order valence-corrected chi connectivity index (χ0v) is 14.9. The number of aromatic nitrogens is 3. The Labute approximate surface area is 150 Å². The van der Waals surface area contributed by atoms with Crippen LogP contribution in [0.4, 0.5) is 5.69 Å². The van der Waals surface area contributed by atoms with Crippen molar-refractivity contribution in [2.45, 2.75) is 18.9 Å². The molecule has 0 radical (unpaired) electrons. The number of hydrogen-bond acceptors (Lipinski definition) is 5. The molecule has 0 saturated heterocycles. The number of para-hydroxylation sites is 1. The molecule has 1 aromatic carbocycles. The Morgan fingerprint density at radius 2 is 1.84 bits per heavy atom. The molecule has 1 amide bonds. The Hall–Kier alpha value is -2.73. The van der Waals surface area contributed by atoms with Crippen LogP contribution in [-0.4, -0.2) is 26.6 Å². The van der Waals surface area contributed by atoms with Crippen molar-refractivity contribution in [3.63, 3.8) is 0 Å². The molecule has 25 heavy (non-hydrogen) atoms. The van der Waals surface area contributed by atoms with Gasteiger partial charge in [0.05, 0.1) is 17.1 Å². The molecule has 3 aromatic rings. The van der Waals surface area contributed by atoms with E-state index < -0.39 is 0 Å². The summed E-state index contributed by atoms with van der Waals surface area (Å²) in [5, 5.41) is 3.68. The minimum Gasteiger partial charge on any atom is -0.325 e. The van der Waals surface area contributed by atoms with Crippen molar-refractivity contribution in [1.82, 2.24) is 15.0 Å². The van der Waals surface area contributed by atoms with E-state index in [1.807, 2.05) is 62.4 Å². The number of rotatable bonds is 5. The molecular formula is C19H18N4OS. The first kappa shape index (κ1) is 17.1. The van der Waals surface area contributed by atoms with Gasteiger partial charge in [0.1, 0.15) is 10.9 Å². The monoisotopic (exact) mass is 350 g/mol. The summed E-state index contributed by atoms with van der Waals surface area (Å²) in [5.74, 6) is 0.881. The predicted molar refractivity (Wildman–Crippen MR) is 101 cm³/mol. The summed E-state index contributed by atoms with van der Waals surface area (Å²) in [6, 6.07) is 15.3. The number of thioether (sulfide) groups is 1. The van der Waals surface area contributed by atoms with E-state index in [2.05, 4.69) is 20.3 Å². The number of amides is 1. The molecule has 0 bridgehead atoms. The molecule has 0 atom stereocenters. The number of anilines is 1. The third kappa shape index (κ3) is 4.64. The highest BCUT2D eigenvalue weighted by atomic mass is 32.2. The van der Waals surface area contributed by atoms with Crippen LogP contribution in [0, 0.1) is 13.8 Å². The lowest BCUT2D eigenvalue weighted by atomic mass is 10.2. The molecule has 0 aliphatic rings. The molecule has 0 aliphatic carbocycles. The van der Waals surface area contributed by atoms with Crippen LogP contribution in [0.1, 0.15) is 11.4 Å². The highest BCUT2D eigenvalue weighted by molar-refractivity contribution is 7.99. The van der Waals surface area contributed by atoms with Gasteiger partial charge in [0.25, 0.3) is 0 Å². The van der Waals surface area contributed by atoms with Crippen LogP contribution in [0.25, 0.3) is 11.4 Å². The first-order valence-corrected chi connectivity index (χ1v) is 8.86. The normalized spacial score (nSPS) is 10.5. The van der Waals surface area contributed by atoms with Gasteiger partial charge in [0, 0.05) is 11.9 Å². The largest absolute Gasteiger partial charge is 0.325 e. The van der Waals surface area contributed by atoms with Crippen molar-refractivity contribution in [3.05, 3.63) is 66.1 Å². The van der Waals surface area contributed by atoms with Crippen LogP contribution in [-0.2, 0) is 4.79 Å². The van der Waals surface area contributed by atoms with Crippen LogP contribution in [0.15, 0.2) is 59.8 Å². The number of nitrogens with zero attached hydrogens (tertiary/aromatic N) is 3. The highest BCUT2D eigenvalue weighted by Gasteiger charge is 2.09. The second-order valence-electron chi connectivity index (χ2n) is 5.51. The number of hydrogen-bond donors (Lipinski definition) is 1. The summed E-state index contributed by atoms with van der Waals surface area (Å²) in [7, 11) is 0. The first-order chi connectivity index (χ1) is 12.1. The summed E-state index contributed by atoms with van der Waals surface area (Å²) in [5.41, 5.74) is 3.42. The van der Waals surface area contributed by atoms with Gasteiger partial charge in [-0.1, -0.05) is 36.0 Å². The molecule has 0 fully saturated rings. The van der Waals surface area contributed by atoms with Gasteiger partial charge in [0.15, 0.2) is 0 Å². The summed E-state index contributed by atoms with van der Waals surface area (Å²) in [6.07, 6.45) is 1.73. The highest BCUT2D eigenvalue weighted by Crippen LogP contribution is 2.22. The van der Waals surface area contributed by atoms with Gasteiger partial charge in [-0.05, 0) is 43.7 Å². The van der Waals surface area contributed by atoms with E-state index in [1.54, 1.807) is 6.20 Å². The van der Waals surface area contributed by atoms with E-state index in [4.69, 9.17) is 0 Å². The fraction of sp³-hybridized carbons (Fsp3) is 0.158. The van der Waals surface area contributed by atoms with Crippen molar-refractivity contribution in [1.29, 1.82) is 0 Å². The lowest BCUT2D eigenvalue weighted by molar-refractivity contribution is -0.113. The molecule has 2 aromatic heterocycles. The zero-order valence-electron chi connectivity index (χ0n) is 14.1. The molecule has 1 N–H and O–H groups in total. The van der Waals surface area contributed by atoms with Crippen molar-refractivity contribution in [3.8, 4) is 11.4 Å². The van der Waals surface area contributed by atoms with E-state index in [9.17, 15) is 4.79 Å². The number of carbonyl (C=O) groups is 1. The van der Waals surface area contributed by atoms with Gasteiger partial charge in [0.2, 0.25) is 5.91 Å². The van der Waals surface area contributed by atoms with Crippen LogP contribution in [0.5, 0.6) is 0 Å². The van der Waals surface area contributed by atoms with E-state index in [0.29, 0.717) is 5.82 Å². The molecule has 6 heteroatoms. The topological polar surface area (TPSA) is 67.8 Å². The Morgan fingerprint density at radius 3 is 2.60 bits per heavy atom. The maximum Gasteiger partial charge on any atom is 0.234 e. The predicted octanol–water partition coefficient (Wildman–Crippen LogP) is 3.89. The Morgan fingerprint density at radius 1 is 1.04 bits per heavy atom. The van der Waals surface area contributed by atoms with Crippen molar-refractivity contribution in [2.24, 2.45) is 0 Å². The second kappa shape index (κ2) is 7.90. The molecule has 0 saturated carbocycles. The Kier molecular flexibility index (Phi) is 5.40. The molecule has 0 aliphatic heterocycles. The van der Waals surface area contributed by atoms with E-state index >= 15 is 0 Å². The second-order valence-corrected chi connectivity index (χ2v) is 6.50. The average Bonchev–Trinajstić information content (AvgIpc) is 2.62. The van der Waals surface area contributed by atoms with Gasteiger partial charge in [-0.3, -0.25) is 9.78 Å². The Bertz CT molecular complexity index is 884. The molecule has 0 unspecified atom stereocenters. The molecule has 2 heterocycles. The van der Waals surface area contributed by atoms with Gasteiger partial charge < -0.3 is 5.32 Å². The fourth-order valence-corrected chi connectivity index (χ4v) is 3.04. The van der Waals surface area contributed by atoms with Gasteiger partial charge in [-0.15, -0.1) is 0 Å². The SMILES string of the molecule is Cc1nc(SCC(=O)Nc2ccccc2C)cc(-c2ccccn2)n1. The standard InChI is InChI=1S/C19H18N4OS/c1-13-7-3-4-8-15(13)23-18(24)12-25-19-11-17(21-14(2)22-19)16-9-5-6-10-20-16/h3-11H,12H2,1-2H3,(H,23,24). The van der Waals surface area contributed by atoms with Crippen LogP contribution in [0.3, 0.4) is 0 Å². The number of nitrogens with one attached hydrogen (secondary N) is 1. The minimum absolute atomic E-state index is 0.0602. The van der Waals surface area contributed by atoms with Gasteiger partial charge in [-0.2, -0.15) is 0 Å². The van der Waals surface area contributed by atoms with E-state index in [0.717, 1.165) is 27.7 Å². The molecular weight excluding hydrogens is 332 g/mol. The average molecular weight is 350 g/mol. The molecule has 5 nitrogen and oxygen atoms in total. The third-order valence-electron chi connectivity index (χ3n) is 3.51. The fourth-order valence-electron chi connectivity index (χ4n) is 2.30. The maximum atomic E-state index is 12.2. The molecule has 126 valence electrons. The number of aryl methyl sites for hydroxylation is 2. The third-order valence-corrected chi connectivity index (χ3v) is 4.42. The summed E-state index contributed by atoms with van der Waals surface area (Å²) >= 11 is 1.39. The smallest absolute Gasteiger partial charge is 0.234 e. The summed E-state index contributed by atoms with van der Waals surface area (Å²) in [4.78, 5) is 25.3. The van der Waals surface area contributed by atoms with Crippen molar-refractivity contribution >= 4 is 23.4 Å². The summed E-state index contributed by atoms with van der Waals surface area (Å²) in [6.45, 7) is 3.81. The Balaban J connectivity index is 1.68. The van der Waals surface area contributed by atoms with Gasteiger partial charge in [-0.25, -0.2) is 9.97 Å². The lowest BCUT2D eigenvalue weighted by Crippen LogP contribution is -2.15. The molecule has 0 spiro atoms. The quantitative estimate of drug-likeness (QED) is 0.558. The van der Waals surface area contributed by atoms with E-state index in [1.165, 1.54) is 11.8 Å². The number of benzene rings is 1. The number of pyridine rings is 1.